The Morgan fingerprint density at radius 3 is 2.42 bits per heavy atom. The maximum Gasteiger partial charge on any atom is 0.244 e. The van der Waals surface area contributed by atoms with Crippen molar-refractivity contribution in [1.29, 1.82) is 0 Å². The van der Waals surface area contributed by atoms with Crippen LogP contribution in [-0.4, -0.2) is 41.5 Å². The van der Waals surface area contributed by atoms with Crippen LogP contribution < -0.4 is 5.73 Å². The summed E-state index contributed by atoms with van der Waals surface area (Å²) in [7, 11) is -3.64. The molecule has 0 atom stereocenters. The second kappa shape index (κ2) is 5.96. The lowest BCUT2D eigenvalue weighted by molar-refractivity contribution is 0.0601. The minimum Gasteiger partial charge on any atom is -0.389 e. The van der Waals surface area contributed by atoms with Crippen LogP contribution in [0.4, 0.5) is 0 Å². The Labute approximate surface area is 114 Å². The van der Waals surface area contributed by atoms with Crippen molar-refractivity contribution in [2.24, 2.45) is 5.73 Å². The molecular weight excluding hydrogens is 266 g/mol. The lowest BCUT2D eigenvalue weighted by Gasteiger charge is -2.27. The van der Waals surface area contributed by atoms with Gasteiger partial charge in [-0.25, -0.2) is 8.42 Å². The molecule has 19 heavy (non-hydrogen) atoms. The molecule has 1 heterocycles. The minimum absolute atomic E-state index is 0.0322. The number of sulfonamides is 1. The Kier molecular flexibility index (Phi) is 5.03. The van der Waals surface area contributed by atoms with Gasteiger partial charge in [0, 0.05) is 25.8 Å². The molecule has 0 radical (unpaired) electrons. The van der Waals surface area contributed by atoms with E-state index in [2.05, 4.69) is 4.98 Å². The van der Waals surface area contributed by atoms with Crippen LogP contribution >= 0.6 is 0 Å². The maximum absolute atomic E-state index is 12.4. The molecule has 0 unspecified atom stereocenters. The van der Waals surface area contributed by atoms with Gasteiger partial charge in [-0.2, -0.15) is 4.31 Å². The van der Waals surface area contributed by atoms with Crippen molar-refractivity contribution in [1.82, 2.24) is 9.29 Å². The molecule has 0 amide bonds. The van der Waals surface area contributed by atoms with E-state index in [4.69, 9.17) is 5.73 Å². The van der Waals surface area contributed by atoms with Crippen molar-refractivity contribution < 1.29 is 13.5 Å². The summed E-state index contributed by atoms with van der Waals surface area (Å²) in [6.45, 7) is 5.45. The highest BCUT2D eigenvalue weighted by molar-refractivity contribution is 7.89. The van der Waals surface area contributed by atoms with Crippen LogP contribution in [0.5, 0.6) is 0 Å². The van der Waals surface area contributed by atoms with Gasteiger partial charge >= 0.3 is 0 Å². The standard InChI is InChI=1S/C12H21N3O3S/c1-4-15(9-12(2,3)16)19(17,18)11-6-5-10(7-13)14-8-11/h5-6,8,16H,4,7,9,13H2,1-3H3. The van der Waals surface area contributed by atoms with E-state index in [1.54, 1.807) is 26.8 Å². The zero-order valence-electron chi connectivity index (χ0n) is 11.5. The molecule has 0 aromatic carbocycles. The fraction of sp³-hybridized carbons (Fsp3) is 0.583. The molecule has 0 saturated heterocycles. The number of hydrogen-bond donors (Lipinski definition) is 2. The largest absolute Gasteiger partial charge is 0.389 e. The lowest BCUT2D eigenvalue weighted by Crippen LogP contribution is -2.42. The number of nitrogens with zero attached hydrogens (tertiary/aromatic N) is 2. The molecule has 7 heteroatoms. The molecular formula is C12H21N3O3S. The van der Waals surface area contributed by atoms with E-state index in [-0.39, 0.29) is 24.5 Å². The average molecular weight is 287 g/mol. The zero-order valence-corrected chi connectivity index (χ0v) is 12.3. The molecule has 0 spiro atoms. The second-order valence-corrected chi connectivity index (χ2v) is 6.87. The van der Waals surface area contributed by atoms with Crippen LogP contribution in [0, 0.1) is 0 Å². The maximum atomic E-state index is 12.4. The second-order valence-electron chi connectivity index (χ2n) is 4.93. The van der Waals surface area contributed by atoms with Crippen LogP contribution in [0.3, 0.4) is 0 Å². The van der Waals surface area contributed by atoms with Gasteiger partial charge in [0.25, 0.3) is 0 Å². The molecule has 6 nitrogen and oxygen atoms in total. The number of rotatable bonds is 6. The van der Waals surface area contributed by atoms with Crippen LogP contribution in [0.1, 0.15) is 26.5 Å². The van der Waals surface area contributed by atoms with Gasteiger partial charge in [0.15, 0.2) is 0 Å². The SMILES string of the molecule is CCN(CC(C)(C)O)S(=O)(=O)c1ccc(CN)nc1. The molecule has 0 saturated carbocycles. The molecule has 0 aliphatic rings. The highest BCUT2D eigenvalue weighted by Gasteiger charge is 2.28. The third kappa shape index (κ3) is 4.24. The van der Waals surface area contributed by atoms with Gasteiger partial charge in [0.05, 0.1) is 11.3 Å². The average Bonchev–Trinajstić information content (AvgIpc) is 2.34. The molecule has 1 aromatic rings. The van der Waals surface area contributed by atoms with Gasteiger partial charge in [0.1, 0.15) is 4.90 Å². The number of aromatic nitrogens is 1. The van der Waals surface area contributed by atoms with E-state index in [9.17, 15) is 13.5 Å². The first-order valence-electron chi connectivity index (χ1n) is 6.08. The first kappa shape index (κ1) is 16.0. The van der Waals surface area contributed by atoms with E-state index >= 15 is 0 Å². The molecule has 0 bridgehead atoms. The highest BCUT2D eigenvalue weighted by Crippen LogP contribution is 2.17. The van der Waals surface area contributed by atoms with Gasteiger partial charge < -0.3 is 10.8 Å². The number of likely N-dealkylation sites (N-methyl/N-ethyl adjacent to an activating group) is 1. The third-order valence-corrected chi connectivity index (χ3v) is 4.46. The normalized spacial score (nSPS) is 12.9. The van der Waals surface area contributed by atoms with Gasteiger partial charge in [-0.1, -0.05) is 6.92 Å². The summed E-state index contributed by atoms with van der Waals surface area (Å²) in [6, 6.07) is 3.07. The van der Waals surface area contributed by atoms with Gasteiger partial charge in [-0.15, -0.1) is 0 Å². The van der Waals surface area contributed by atoms with Crippen LogP contribution in [-0.2, 0) is 16.6 Å². The number of aliphatic hydroxyl groups is 1. The predicted molar refractivity (Wildman–Crippen MR) is 72.9 cm³/mol. The van der Waals surface area contributed by atoms with Crippen LogP contribution in [0.25, 0.3) is 0 Å². The van der Waals surface area contributed by atoms with E-state index in [1.165, 1.54) is 16.6 Å². The van der Waals surface area contributed by atoms with E-state index < -0.39 is 15.6 Å². The Balaban J connectivity index is 3.06. The fourth-order valence-electron chi connectivity index (χ4n) is 1.63. The molecule has 108 valence electrons. The van der Waals surface area contributed by atoms with Crippen molar-refractivity contribution in [3.63, 3.8) is 0 Å². The fourth-order valence-corrected chi connectivity index (χ4v) is 3.18. The number of pyridine rings is 1. The lowest BCUT2D eigenvalue weighted by atomic mass is 10.1. The predicted octanol–water partition coefficient (Wildman–Crippen LogP) is 0.322. The highest BCUT2D eigenvalue weighted by atomic mass is 32.2. The Hall–Kier alpha value is -1.02. The summed E-state index contributed by atoms with van der Waals surface area (Å²) in [5.41, 5.74) is 4.96. The first-order chi connectivity index (χ1) is 8.70. The Bertz CT molecular complexity index is 506. The van der Waals surface area contributed by atoms with Gasteiger partial charge in [0.2, 0.25) is 10.0 Å². The van der Waals surface area contributed by atoms with E-state index in [1.807, 2.05) is 0 Å². The van der Waals surface area contributed by atoms with Crippen LogP contribution in [0.2, 0.25) is 0 Å². The Morgan fingerprint density at radius 1 is 1.42 bits per heavy atom. The Morgan fingerprint density at radius 2 is 2.05 bits per heavy atom. The summed E-state index contributed by atoms with van der Waals surface area (Å²) in [4.78, 5) is 4.09. The van der Waals surface area contributed by atoms with Crippen molar-refractivity contribution in [3.8, 4) is 0 Å². The van der Waals surface area contributed by atoms with Crippen molar-refractivity contribution >= 4 is 10.0 Å². The molecule has 3 N–H and O–H groups in total. The molecule has 0 fully saturated rings. The first-order valence-corrected chi connectivity index (χ1v) is 7.52. The molecule has 1 rings (SSSR count). The minimum atomic E-state index is -3.64. The monoisotopic (exact) mass is 287 g/mol. The summed E-state index contributed by atoms with van der Waals surface area (Å²) in [6.07, 6.45) is 1.30. The van der Waals surface area contributed by atoms with Crippen molar-refractivity contribution in [2.75, 3.05) is 13.1 Å². The quantitative estimate of drug-likeness (QED) is 0.785. The van der Waals surface area contributed by atoms with Crippen LogP contribution in [0.15, 0.2) is 23.2 Å². The van der Waals surface area contributed by atoms with Crippen molar-refractivity contribution in [2.45, 2.75) is 37.8 Å². The molecule has 1 aromatic heterocycles. The van der Waals surface area contributed by atoms with Gasteiger partial charge in [-0.3, -0.25) is 4.98 Å². The van der Waals surface area contributed by atoms with E-state index in [0.29, 0.717) is 5.69 Å². The summed E-state index contributed by atoms with van der Waals surface area (Å²) in [5, 5.41) is 9.77. The summed E-state index contributed by atoms with van der Waals surface area (Å²) < 4.78 is 26.0. The molecule has 0 aliphatic carbocycles. The number of hydrogen-bond acceptors (Lipinski definition) is 5. The van der Waals surface area contributed by atoms with Gasteiger partial charge in [-0.05, 0) is 26.0 Å². The smallest absolute Gasteiger partial charge is 0.244 e. The third-order valence-electron chi connectivity index (χ3n) is 2.56. The molecule has 0 aliphatic heterocycles. The van der Waals surface area contributed by atoms with E-state index in [0.717, 1.165) is 0 Å². The summed E-state index contributed by atoms with van der Waals surface area (Å²) in [5.74, 6) is 0. The zero-order chi connectivity index (χ0) is 14.7. The topological polar surface area (TPSA) is 96.5 Å². The number of nitrogens with two attached hydrogens (primary N) is 1. The van der Waals surface area contributed by atoms with Crippen molar-refractivity contribution in [3.05, 3.63) is 24.0 Å². The summed E-state index contributed by atoms with van der Waals surface area (Å²) >= 11 is 0.